The Morgan fingerprint density at radius 2 is 1.88 bits per heavy atom. The predicted octanol–water partition coefficient (Wildman–Crippen LogP) is 3.67. The van der Waals surface area contributed by atoms with Crippen LogP contribution in [-0.4, -0.2) is 25.8 Å². The van der Waals surface area contributed by atoms with E-state index in [0.717, 1.165) is 26.1 Å². The van der Waals surface area contributed by atoms with E-state index in [0.29, 0.717) is 6.10 Å². The van der Waals surface area contributed by atoms with E-state index in [9.17, 15) is 0 Å². The van der Waals surface area contributed by atoms with E-state index >= 15 is 0 Å². The summed E-state index contributed by atoms with van der Waals surface area (Å²) < 4.78 is 5.85. The SMILES string of the molecule is C=CCCCCCNCCOC1CCCCC1. The van der Waals surface area contributed by atoms with Gasteiger partial charge in [0.1, 0.15) is 0 Å². The minimum absolute atomic E-state index is 0.554. The second-order valence-electron chi connectivity index (χ2n) is 5.02. The molecule has 0 saturated heterocycles. The lowest BCUT2D eigenvalue weighted by Crippen LogP contribution is -2.25. The van der Waals surface area contributed by atoms with Crippen LogP contribution in [-0.2, 0) is 4.74 Å². The van der Waals surface area contributed by atoms with Gasteiger partial charge in [0.2, 0.25) is 0 Å². The van der Waals surface area contributed by atoms with Gasteiger partial charge in [-0.05, 0) is 38.6 Å². The summed E-state index contributed by atoms with van der Waals surface area (Å²) in [5, 5.41) is 3.45. The molecule has 0 unspecified atom stereocenters. The molecule has 0 amide bonds. The van der Waals surface area contributed by atoms with E-state index in [4.69, 9.17) is 4.74 Å². The highest BCUT2D eigenvalue weighted by molar-refractivity contribution is 4.66. The molecular weight excluding hydrogens is 210 g/mol. The fraction of sp³-hybridized carbons (Fsp3) is 0.867. The molecule has 0 heterocycles. The Morgan fingerprint density at radius 3 is 2.65 bits per heavy atom. The van der Waals surface area contributed by atoms with Crippen molar-refractivity contribution in [3.8, 4) is 0 Å². The van der Waals surface area contributed by atoms with Crippen LogP contribution in [0.2, 0.25) is 0 Å². The molecule has 1 N–H and O–H groups in total. The molecule has 2 heteroatoms. The van der Waals surface area contributed by atoms with Crippen LogP contribution < -0.4 is 5.32 Å². The highest BCUT2D eigenvalue weighted by Gasteiger charge is 2.12. The van der Waals surface area contributed by atoms with E-state index < -0.39 is 0 Å². The average Bonchev–Trinajstić information content (AvgIpc) is 2.38. The summed E-state index contributed by atoms with van der Waals surface area (Å²) >= 11 is 0. The highest BCUT2D eigenvalue weighted by atomic mass is 16.5. The van der Waals surface area contributed by atoms with Crippen molar-refractivity contribution in [3.63, 3.8) is 0 Å². The summed E-state index contributed by atoms with van der Waals surface area (Å²) in [6.07, 6.45) is 14.3. The van der Waals surface area contributed by atoms with Crippen molar-refractivity contribution in [1.82, 2.24) is 5.32 Å². The van der Waals surface area contributed by atoms with Crippen molar-refractivity contribution in [3.05, 3.63) is 12.7 Å². The Hall–Kier alpha value is -0.340. The van der Waals surface area contributed by atoms with Gasteiger partial charge in [0.15, 0.2) is 0 Å². The van der Waals surface area contributed by atoms with Crippen molar-refractivity contribution in [2.45, 2.75) is 63.9 Å². The lowest BCUT2D eigenvalue weighted by atomic mass is 9.98. The van der Waals surface area contributed by atoms with Gasteiger partial charge >= 0.3 is 0 Å². The first kappa shape index (κ1) is 14.7. The van der Waals surface area contributed by atoms with Crippen molar-refractivity contribution in [2.75, 3.05) is 19.7 Å². The Kier molecular flexibility index (Phi) is 9.34. The standard InChI is InChI=1S/C15H29NO/c1-2-3-4-5-9-12-16-13-14-17-15-10-7-6-8-11-15/h2,15-16H,1,3-14H2. The first-order chi connectivity index (χ1) is 8.43. The smallest absolute Gasteiger partial charge is 0.0594 e. The zero-order valence-corrected chi connectivity index (χ0v) is 11.3. The lowest BCUT2D eigenvalue weighted by molar-refractivity contribution is 0.0303. The Morgan fingerprint density at radius 1 is 1.06 bits per heavy atom. The summed E-state index contributed by atoms with van der Waals surface area (Å²) in [7, 11) is 0. The number of rotatable bonds is 10. The van der Waals surface area contributed by atoms with Gasteiger partial charge < -0.3 is 10.1 Å². The number of hydrogen-bond donors (Lipinski definition) is 1. The normalized spacial score (nSPS) is 17.2. The van der Waals surface area contributed by atoms with Crippen molar-refractivity contribution in [1.29, 1.82) is 0 Å². The third-order valence-electron chi connectivity index (χ3n) is 3.45. The fourth-order valence-electron chi connectivity index (χ4n) is 2.37. The quantitative estimate of drug-likeness (QED) is 0.464. The molecule has 0 atom stereocenters. The van der Waals surface area contributed by atoms with Crippen molar-refractivity contribution < 1.29 is 4.74 Å². The third kappa shape index (κ3) is 8.39. The molecule has 0 aromatic rings. The van der Waals surface area contributed by atoms with Crippen molar-refractivity contribution >= 4 is 0 Å². The molecule has 0 aliphatic heterocycles. The van der Waals surface area contributed by atoms with Crippen LogP contribution in [0.25, 0.3) is 0 Å². The number of allylic oxidation sites excluding steroid dienone is 1. The first-order valence-corrected chi connectivity index (χ1v) is 7.36. The number of hydrogen-bond acceptors (Lipinski definition) is 2. The summed E-state index contributed by atoms with van der Waals surface area (Å²) in [4.78, 5) is 0. The van der Waals surface area contributed by atoms with E-state index in [-0.39, 0.29) is 0 Å². The van der Waals surface area contributed by atoms with Gasteiger partial charge in [-0.2, -0.15) is 0 Å². The van der Waals surface area contributed by atoms with E-state index in [2.05, 4.69) is 11.9 Å². The lowest BCUT2D eigenvalue weighted by Gasteiger charge is -2.22. The van der Waals surface area contributed by atoms with Gasteiger partial charge in [-0.1, -0.05) is 31.8 Å². The summed E-state index contributed by atoms with van der Waals surface area (Å²) in [5.41, 5.74) is 0. The molecule has 1 aliphatic rings. The van der Waals surface area contributed by atoms with Gasteiger partial charge in [-0.25, -0.2) is 0 Å². The van der Waals surface area contributed by atoms with Crippen LogP contribution in [0, 0.1) is 0 Å². The molecule has 2 nitrogen and oxygen atoms in total. The number of unbranched alkanes of at least 4 members (excludes halogenated alkanes) is 3. The topological polar surface area (TPSA) is 21.3 Å². The van der Waals surface area contributed by atoms with Gasteiger partial charge in [0.25, 0.3) is 0 Å². The second kappa shape index (κ2) is 10.8. The van der Waals surface area contributed by atoms with Crippen LogP contribution in [0.5, 0.6) is 0 Å². The maximum Gasteiger partial charge on any atom is 0.0594 e. The van der Waals surface area contributed by atoms with Crippen LogP contribution in [0.15, 0.2) is 12.7 Å². The molecule has 0 bridgehead atoms. The average molecular weight is 239 g/mol. The Balaban J connectivity index is 1.76. The van der Waals surface area contributed by atoms with E-state index in [1.54, 1.807) is 0 Å². The molecule has 1 aliphatic carbocycles. The van der Waals surface area contributed by atoms with Crippen LogP contribution >= 0.6 is 0 Å². The maximum atomic E-state index is 5.85. The van der Waals surface area contributed by atoms with E-state index in [1.165, 1.54) is 51.4 Å². The summed E-state index contributed by atoms with van der Waals surface area (Å²) in [6, 6.07) is 0. The van der Waals surface area contributed by atoms with Crippen LogP contribution in [0.4, 0.5) is 0 Å². The van der Waals surface area contributed by atoms with Gasteiger partial charge in [0.05, 0.1) is 12.7 Å². The van der Waals surface area contributed by atoms with Crippen LogP contribution in [0.3, 0.4) is 0 Å². The maximum absolute atomic E-state index is 5.85. The molecule has 1 saturated carbocycles. The Labute approximate surface area is 107 Å². The zero-order valence-electron chi connectivity index (χ0n) is 11.3. The number of ether oxygens (including phenoxy) is 1. The molecule has 100 valence electrons. The largest absolute Gasteiger partial charge is 0.377 e. The van der Waals surface area contributed by atoms with Gasteiger partial charge in [-0.15, -0.1) is 6.58 Å². The Bertz CT molecular complexity index is 176. The molecule has 0 aromatic heterocycles. The monoisotopic (exact) mass is 239 g/mol. The minimum atomic E-state index is 0.554. The molecule has 1 fully saturated rings. The molecule has 0 radical (unpaired) electrons. The summed E-state index contributed by atoms with van der Waals surface area (Å²) in [6.45, 7) is 6.76. The van der Waals surface area contributed by atoms with E-state index in [1.807, 2.05) is 6.08 Å². The summed E-state index contributed by atoms with van der Waals surface area (Å²) in [5.74, 6) is 0. The highest BCUT2D eigenvalue weighted by Crippen LogP contribution is 2.19. The molecule has 0 aromatic carbocycles. The second-order valence-corrected chi connectivity index (χ2v) is 5.02. The predicted molar refractivity (Wildman–Crippen MR) is 74.4 cm³/mol. The molecule has 1 rings (SSSR count). The molecule has 17 heavy (non-hydrogen) atoms. The fourth-order valence-corrected chi connectivity index (χ4v) is 2.37. The zero-order chi connectivity index (χ0) is 12.2. The van der Waals surface area contributed by atoms with Crippen LogP contribution in [0.1, 0.15) is 57.8 Å². The van der Waals surface area contributed by atoms with Gasteiger partial charge in [0, 0.05) is 6.54 Å². The van der Waals surface area contributed by atoms with Gasteiger partial charge in [-0.3, -0.25) is 0 Å². The molecule has 0 spiro atoms. The minimum Gasteiger partial charge on any atom is -0.377 e. The number of nitrogens with one attached hydrogen (secondary N) is 1. The third-order valence-corrected chi connectivity index (χ3v) is 3.45. The van der Waals surface area contributed by atoms with Crippen molar-refractivity contribution in [2.24, 2.45) is 0 Å². The first-order valence-electron chi connectivity index (χ1n) is 7.36. The molecular formula is C15H29NO.